The summed E-state index contributed by atoms with van der Waals surface area (Å²) in [6.07, 6.45) is 1.11. The van der Waals surface area contributed by atoms with Crippen molar-refractivity contribution < 1.29 is 18.4 Å². The third-order valence-corrected chi connectivity index (χ3v) is 8.10. The number of nitrogens with two attached hydrogens (primary N) is 1. The van der Waals surface area contributed by atoms with E-state index in [1.807, 2.05) is 18.2 Å². The number of hydrogen-bond donors (Lipinski definition) is 2. The maximum Gasteiger partial charge on any atom is 0.279 e. The number of aromatic nitrogens is 3. The number of amides is 2. The molecule has 8 nitrogen and oxygen atoms in total. The van der Waals surface area contributed by atoms with Crippen LogP contribution in [0.15, 0.2) is 73.6 Å². The number of nitrogens with zero attached hydrogens (tertiary/aromatic N) is 4. The summed E-state index contributed by atoms with van der Waals surface area (Å²) in [7, 11) is 0. The first-order valence-electron chi connectivity index (χ1n) is 13.2. The fourth-order valence-corrected chi connectivity index (χ4v) is 6.35. The monoisotopic (exact) mass is 542 g/mol. The van der Waals surface area contributed by atoms with Crippen molar-refractivity contribution >= 4 is 34.4 Å². The summed E-state index contributed by atoms with van der Waals surface area (Å²) in [6, 6.07) is 15.4. The Bertz CT molecular complexity index is 1590. The molecule has 0 radical (unpaired) electrons. The van der Waals surface area contributed by atoms with Crippen LogP contribution in [0.2, 0.25) is 0 Å². The first-order chi connectivity index (χ1) is 19.4. The lowest BCUT2D eigenvalue weighted by atomic mass is 10.0. The van der Waals surface area contributed by atoms with Gasteiger partial charge in [0, 0.05) is 35.9 Å². The van der Waals surface area contributed by atoms with E-state index in [0.717, 1.165) is 0 Å². The van der Waals surface area contributed by atoms with Gasteiger partial charge in [-0.05, 0) is 60.6 Å². The number of carbonyl (C=O) groups is 2. The van der Waals surface area contributed by atoms with Crippen molar-refractivity contribution in [2.45, 2.75) is 25.3 Å². The van der Waals surface area contributed by atoms with E-state index >= 15 is 0 Å². The van der Waals surface area contributed by atoms with E-state index in [1.165, 1.54) is 12.4 Å². The largest absolute Gasteiger partial charge is 0.383 e. The summed E-state index contributed by atoms with van der Waals surface area (Å²) in [6.45, 7) is 4.75. The number of hydrogen-bond acceptors (Lipinski definition) is 5. The number of nitrogens with one attached hydrogen (secondary N) is 1. The van der Waals surface area contributed by atoms with E-state index in [-0.39, 0.29) is 46.8 Å². The molecule has 3 N–H and O–H groups in total. The van der Waals surface area contributed by atoms with Gasteiger partial charge in [0.25, 0.3) is 12.3 Å². The van der Waals surface area contributed by atoms with Gasteiger partial charge < -0.3 is 20.5 Å². The summed E-state index contributed by atoms with van der Waals surface area (Å²) in [5.41, 5.74) is 8.30. The van der Waals surface area contributed by atoms with Crippen molar-refractivity contribution in [2.24, 2.45) is 11.8 Å². The number of fused-ring (bicyclic) bond motifs is 2. The van der Waals surface area contributed by atoms with Crippen molar-refractivity contribution in [1.29, 1.82) is 0 Å². The molecular weight excluding hydrogens is 514 g/mol. The van der Waals surface area contributed by atoms with Crippen LogP contribution in [0.1, 0.15) is 41.4 Å². The van der Waals surface area contributed by atoms with Crippen LogP contribution in [0, 0.1) is 11.8 Å². The van der Waals surface area contributed by atoms with Crippen molar-refractivity contribution in [1.82, 2.24) is 19.4 Å². The Hall–Kier alpha value is -4.60. The van der Waals surface area contributed by atoms with Crippen molar-refractivity contribution in [3.63, 3.8) is 0 Å². The van der Waals surface area contributed by atoms with Crippen LogP contribution in [-0.4, -0.2) is 44.3 Å². The molecule has 10 heteroatoms. The maximum absolute atomic E-state index is 14.9. The maximum atomic E-state index is 14.9. The molecule has 2 amide bonds. The molecule has 1 saturated heterocycles. The normalized spacial score (nSPS) is 20.2. The van der Waals surface area contributed by atoms with Crippen LogP contribution in [0.4, 0.5) is 20.3 Å². The van der Waals surface area contributed by atoms with Crippen molar-refractivity contribution in [3.05, 3.63) is 84.8 Å². The Labute approximate surface area is 229 Å². The number of carbonyl (C=O) groups excluding carboxylic acids is 2. The number of rotatable bonds is 6. The standard InChI is InChI=1S/C30H28F2N6O2/c1-2-23(39)37-14-19-12-22(13-20(19)15-37)38-26(27(31)32)24(25-28(33)34-16-35-29(25)38)17-8-10-18(11-9-17)30(40)36-21-6-4-3-5-7-21/h2-11,16,19-20,22,27H,1,12-15H2,(H,36,40)(H2,33,34,35). The minimum Gasteiger partial charge on any atom is -0.383 e. The van der Waals surface area contributed by atoms with Gasteiger partial charge in [0.1, 0.15) is 17.8 Å². The molecule has 40 heavy (non-hydrogen) atoms. The summed E-state index contributed by atoms with van der Waals surface area (Å²) in [5.74, 6) is 0.129. The average Bonchev–Trinajstić information content (AvgIpc) is 3.64. The van der Waals surface area contributed by atoms with Gasteiger partial charge in [-0.2, -0.15) is 0 Å². The van der Waals surface area contributed by atoms with Gasteiger partial charge >= 0.3 is 0 Å². The number of anilines is 2. The first-order valence-corrected chi connectivity index (χ1v) is 13.2. The number of para-hydroxylation sites is 1. The first kappa shape index (κ1) is 25.7. The molecule has 1 aliphatic heterocycles. The lowest BCUT2D eigenvalue weighted by molar-refractivity contribution is -0.125. The predicted octanol–water partition coefficient (Wildman–Crippen LogP) is 5.47. The fourth-order valence-electron chi connectivity index (χ4n) is 6.35. The fraction of sp³-hybridized carbons (Fsp3) is 0.267. The minimum absolute atomic E-state index is 0.102. The van der Waals surface area contributed by atoms with Crippen LogP contribution in [0.3, 0.4) is 0 Å². The van der Waals surface area contributed by atoms with E-state index in [1.54, 1.807) is 45.9 Å². The molecule has 2 fully saturated rings. The van der Waals surface area contributed by atoms with Crippen molar-refractivity contribution in [3.8, 4) is 11.1 Å². The second kappa shape index (κ2) is 10.2. The smallest absolute Gasteiger partial charge is 0.279 e. The summed E-state index contributed by atoms with van der Waals surface area (Å²) in [5, 5.41) is 3.20. The Morgan fingerprint density at radius 3 is 2.33 bits per heavy atom. The van der Waals surface area contributed by atoms with Gasteiger partial charge in [-0.15, -0.1) is 0 Å². The molecule has 204 valence electrons. The highest BCUT2D eigenvalue weighted by molar-refractivity contribution is 6.06. The second-order valence-corrected chi connectivity index (χ2v) is 10.4. The van der Waals surface area contributed by atoms with Crippen LogP contribution in [-0.2, 0) is 4.79 Å². The van der Waals surface area contributed by atoms with E-state index in [9.17, 15) is 18.4 Å². The van der Waals surface area contributed by atoms with Gasteiger partial charge in [-0.3, -0.25) is 9.59 Å². The van der Waals surface area contributed by atoms with E-state index < -0.39 is 6.43 Å². The molecule has 4 aromatic rings. The highest BCUT2D eigenvalue weighted by atomic mass is 19.3. The van der Waals surface area contributed by atoms with Crippen molar-refractivity contribution in [2.75, 3.05) is 24.1 Å². The summed E-state index contributed by atoms with van der Waals surface area (Å²) < 4.78 is 31.5. The SMILES string of the molecule is C=CC(=O)N1CC2CC(n3c(C(F)F)c(-c4ccc(C(=O)Nc5ccccc5)cc4)c4c(N)ncnc43)CC2C1. The van der Waals surface area contributed by atoms with E-state index in [4.69, 9.17) is 5.73 Å². The molecule has 3 heterocycles. The summed E-state index contributed by atoms with van der Waals surface area (Å²) >= 11 is 0. The highest BCUT2D eigenvalue weighted by Crippen LogP contribution is 2.49. The third kappa shape index (κ3) is 4.39. The van der Waals surface area contributed by atoms with Gasteiger partial charge in [0.05, 0.1) is 11.1 Å². The van der Waals surface area contributed by atoms with E-state index in [2.05, 4.69) is 21.9 Å². The number of nitrogen functional groups attached to an aromatic ring is 1. The van der Waals surface area contributed by atoms with Crippen LogP contribution in [0.5, 0.6) is 0 Å². The Kier molecular flexibility index (Phi) is 6.53. The van der Waals surface area contributed by atoms with Crippen LogP contribution >= 0.6 is 0 Å². The highest BCUT2D eigenvalue weighted by Gasteiger charge is 2.44. The molecule has 1 saturated carbocycles. The molecule has 0 spiro atoms. The number of halogens is 2. The number of likely N-dealkylation sites (tertiary alicyclic amines) is 1. The van der Waals surface area contributed by atoms with Gasteiger partial charge in [0.2, 0.25) is 5.91 Å². The zero-order chi connectivity index (χ0) is 28.0. The topological polar surface area (TPSA) is 106 Å². The number of alkyl halides is 2. The molecule has 2 aliphatic rings. The van der Waals surface area contributed by atoms with Gasteiger partial charge in [-0.25, -0.2) is 18.7 Å². The molecular formula is C30H28F2N6O2. The quantitative estimate of drug-likeness (QED) is 0.315. The molecule has 2 unspecified atom stereocenters. The molecule has 2 atom stereocenters. The van der Waals surface area contributed by atoms with Gasteiger partial charge in [0.15, 0.2) is 0 Å². The third-order valence-electron chi connectivity index (χ3n) is 8.10. The Morgan fingerprint density at radius 2 is 1.70 bits per heavy atom. The number of benzene rings is 2. The Balaban J connectivity index is 1.37. The molecule has 2 aromatic carbocycles. The molecule has 0 bridgehead atoms. The average molecular weight is 543 g/mol. The van der Waals surface area contributed by atoms with Gasteiger partial charge in [-0.1, -0.05) is 36.9 Å². The van der Waals surface area contributed by atoms with Crippen LogP contribution in [0.25, 0.3) is 22.2 Å². The predicted molar refractivity (Wildman–Crippen MR) is 149 cm³/mol. The minimum atomic E-state index is -2.80. The lowest BCUT2D eigenvalue weighted by Gasteiger charge is -2.21. The van der Waals surface area contributed by atoms with E-state index in [0.29, 0.717) is 53.8 Å². The zero-order valence-electron chi connectivity index (χ0n) is 21.6. The molecule has 1 aliphatic carbocycles. The lowest BCUT2D eigenvalue weighted by Crippen LogP contribution is -2.28. The zero-order valence-corrected chi connectivity index (χ0v) is 21.6. The summed E-state index contributed by atoms with van der Waals surface area (Å²) in [4.78, 5) is 35.2. The molecule has 6 rings (SSSR count). The second-order valence-electron chi connectivity index (χ2n) is 10.4. The van der Waals surface area contributed by atoms with Crippen LogP contribution < -0.4 is 11.1 Å². The Morgan fingerprint density at radius 1 is 1.02 bits per heavy atom. The molecule has 2 aromatic heterocycles.